The van der Waals surface area contributed by atoms with Crippen LogP contribution in [0.2, 0.25) is 0 Å². The zero-order valence-electron chi connectivity index (χ0n) is 14.5. The first-order valence-corrected chi connectivity index (χ1v) is 9.62. The summed E-state index contributed by atoms with van der Waals surface area (Å²) in [5, 5.41) is 0. The van der Waals surface area contributed by atoms with E-state index in [1.807, 2.05) is 0 Å². The van der Waals surface area contributed by atoms with E-state index in [0.29, 0.717) is 35.7 Å². The molecule has 3 heteroatoms. The van der Waals surface area contributed by atoms with E-state index < -0.39 is 0 Å². The van der Waals surface area contributed by atoms with Gasteiger partial charge in [-0.1, -0.05) is 33.1 Å². The molecule has 3 aliphatic carbocycles. The van der Waals surface area contributed by atoms with E-state index in [1.165, 1.54) is 44.9 Å². The van der Waals surface area contributed by atoms with Crippen LogP contribution in [-0.2, 0) is 4.79 Å². The Labute approximate surface area is 136 Å². The minimum absolute atomic E-state index is 0.259. The third kappa shape index (κ3) is 3.34. The van der Waals surface area contributed by atoms with E-state index in [4.69, 9.17) is 5.73 Å². The van der Waals surface area contributed by atoms with Crippen LogP contribution in [0.5, 0.6) is 0 Å². The maximum absolute atomic E-state index is 13.2. The molecule has 3 saturated carbocycles. The van der Waals surface area contributed by atoms with Crippen molar-refractivity contribution >= 4 is 5.91 Å². The van der Waals surface area contributed by atoms with E-state index in [2.05, 4.69) is 18.7 Å². The Morgan fingerprint density at radius 3 is 2.18 bits per heavy atom. The second-order valence-corrected chi connectivity index (χ2v) is 8.52. The van der Waals surface area contributed by atoms with Crippen molar-refractivity contribution in [2.75, 3.05) is 6.54 Å². The average Bonchev–Trinajstić information content (AvgIpc) is 2.97. The quantitative estimate of drug-likeness (QED) is 0.863. The second kappa shape index (κ2) is 6.90. The lowest BCUT2D eigenvalue weighted by atomic mass is 9.65. The van der Waals surface area contributed by atoms with Gasteiger partial charge < -0.3 is 10.6 Å². The van der Waals surface area contributed by atoms with Gasteiger partial charge in [-0.25, -0.2) is 0 Å². The standard InChI is InChI=1S/C19H34N2O/c1-13(2)12-21(17-8-3-4-9-17)19(22)16-10-14-6-5-7-15(11-16)18(14)20/h13-18H,3-12,20H2,1-2H3. The van der Waals surface area contributed by atoms with E-state index in [-0.39, 0.29) is 5.92 Å². The van der Waals surface area contributed by atoms with Crippen molar-refractivity contribution in [3.05, 3.63) is 0 Å². The Morgan fingerprint density at radius 2 is 1.64 bits per heavy atom. The summed E-state index contributed by atoms with van der Waals surface area (Å²) < 4.78 is 0. The van der Waals surface area contributed by atoms with E-state index in [0.717, 1.165) is 19.4 Å². The lowest BCUT2D eigenvalue weighted by Gasteiger charge is -2.45. The smallest absolute Gasteiger partial charge is 0.225 e. The fourth-order valence-electron chi connectivity index (χ4n) is 5.25. The number of hydrogen-bond acceptors (Lipinski definition) is 2. The number of hydrogen-bond donors (Lipinski definition) is 1. The van der Waals surface area contributed by atoms with Crippen LogP contribution in [0.15, 0.2) is 0 Å². The second-order valence-electron chi connectivity index (χ2n) is 8.52. The van der Waals surface area contributed by atoms with Crippen LogP contribution < -0.4 is 5.73 Å². The number of carbonyl (C=O) groups is 1. The normalized spacial score (nSPS) is 35.8. The van der Waals surface area contributed by atoms with Gasteiger partial charge in [0.25, 0.3) is 0 Å². The maximum atomic E-state index is 13.2. The molecule has 0 aromatic rings. The van der Waals surface area contributed by atoms with Gasteiger partial charge in [0.15, 0.2) is 0 Å². The molecule has 1 amide bonds. The predicted octanol–water partition coefficient (Wildman–Crippen LogP) is 3.57. The first-order chi connectivity index (χ1) is 10.6. The fraction of sp³-hybridized carbons (Fsp3) is 0.947. The van der Waals surface area contributed by atoms with Crippen LogP contribution >= 0.6 is 0 Å². The molecule has 3 fully saturated rings. The summed E-state index contributed by atoms with van der Waals surface area (Å²) in [6.07, 6.45) is 11.0. The number of nitrogens with zero attached hydrogens (tertiary/aromatic N) is 1. The zero-order valence-corrected chi connectivity index (χ0v) is 14.5. The number of rotatable bonds is 4. The van der Waals surface area contributed by atoms with Crippen molar-refractivity contribution in [2.45, 2.75) is 83.7 Å². The molecule has 0 aromatic heterocycles. The molecule has 3 rings (SSSR count). The summed E-state index contributed by atoms with van der Waals surface area (Å²) in [4.78, 5) is 15.5. The highest BCUT2D eigenvalue weighted by molar-refractivity contribution is 5.79. The first-order valence-electron chi connectivity index (χ1n) is 9.62. The number of carbonyl (C=O) groups excluding carboxylic acids is 1. The number of nitrogens with two attached hydrogens (primary N) is 1. The molecule has 2 unspecified atom stereocenters. The minimum Gasteiger partial charge on any atom is -0.339 e. The van der Waals surface area contributed by atoms with Gasteiger partial charge in [0, 0.05) is 24.5 Å². The van der Waals surface area contributed by atoms with E-state index in [1.54, 1.807) is 0 Å². The van der Waals surface area contributed by atoms with Gasteiger partial charge in [-0.3, -0.25) is 4.79 Å². The zero-order chi connectivity index (χ0) is 15.7. The maximum Gasteiger partial charge on any atom is 0.225 e. The molecule has 0 spiro atoms. The Bertz CT molecular complexity index is 375. The Balaban J connectivity index is 1.69. The van der Waals surface area contributed by atoms with Crippen molar-refractivity contribution in [1.29, 1.82) is 0 Å². The third-order valence-corrected chi connectivity index (χ3v) is 6.37. The SMILES string of the molecule is CC(C)CN(C(=O)C1CC2CCCC(C1)C2N)C1CCCC1. The van der Waals surface area contributed by atoms with Gasteiger partial charge >= 0.3 is 0 Å². The molecular weight excluding hydrogens is 272 g/mol. The Hall–Kier alpha value is -0.570. The highest BCUT2D eigenvalue weighted by atomic mass is 16.2. The molecule has 2 N–H and O–H groups in total. The summed E-state index contributed by atoms with van der Waals surface area (Å²) in [6.45, 7) is 5.42. The van der Waals surface area contributed by atoms with Crippen LogP contribution in [-0.4, -0.2) is 29.4 Å². The predicted molar refractivity (Wildman–Crippen MR) is 90.3 cm³/mol. The van der Waals surface area contributed by atoms with Crippen LogP contribution in [0.1, 0.15) is 71.6 Å². The molecule has 0 aromatic carbocycles. The number of fused-ring (bicyclic) bond motifs is 2. The van der Waals surface area contributed by atoms with Crippen molar-refractivity contribution in [1.82, 2.24) is 4.90 Å². The van der Waals surface area contributed by atoms with Crippen LogP contribution in [0.25, 0.3) is 0 Å². The molecule has 126 valence electrons. The van der Waals surface area contributed by atoms with Crippen LogP contribution in [0, 0.1) is 23.7 Å². The average molecular weight is 306 g/mol. The largest absolute Gasteiger partial charge is 0.339 e. The number of amides is 1. The molecule has 0 aliphatic heterocycles. The minimum atomic E-state index is 0.259. The van der Waals surface area contributed by atoms with Gasteiger partial charge in [-0.2, -0.15) is 0 Å². The van der Waals surface area contributed by atoms with Gasteiger partial charge in [-0.15, -0.1) is 0 Å². The lowest BCUT2D eigenvalue weighted by molar-refractivity contribution is -0.141. The monoisotopic (exact) mass is 306 g/mol. The molecule has 0 radical (unpaired) electrons. The van der Waals surface area contributed by atoms with Crippen molar-refractivity contribution < 1.29 is 4.79 Å². The fourth-order valence-corrected chi connectivity index (χ4v) is 5.25. The molecule has 3 nitrogen and oxygen atoms in total. The van der Waals surface area contributed by atoms with Crippen LogP contribution in [0.4, 0.5) is 0 Å². The molecule has 0 saturated heterocycles. The molecule has 2 bridgehead atoms. The van der Waals surface area contributed by atoms with Crippen molar-refractivity contribution in [2.24, 2.45) is 29.4 Å². The summed E-state index contributed by atoms with van der Waals surface area (Å²) in [6, 6.07) is 0.883. The van der Waals surface area contributed by atoms with Crippen molar-refractivity contribution in [3.63, 3.8) is 0 Å². The molecule has 22 heavy (non-hydrogen) atoms. The topological polar surface area (TPSA) is 46.3 Å². The van der Waals surface area contributed by atoms with Gasteiger partial charge in [-0.05, 0) is 56.3 Å². The molecule has 2 atom stereocenters. The molecule has 0 heterocycles. The first kappa shape index (κ1) is 16.3. The lowest BCUT2D eigenvalue weighted by Crippen LogP contribution is -2.51. The summed E-state index contributed by atoms with van der Waals surface area (Å²) in [5.74, 6) is 2.49. The summed E-state index contributed by atoms with van der Waals surface area (Å²) >= 11 is 0. The third-order valence-electron chi connectivity index (χ3n) is 6.37. The van der Waals surface area contributed by atoms with Crippen molar-refractivity contribution in [3.8, 4) is 0 Å². The highest BCUT2D eigenvalue weighted by Crippen LogP contribution is 2.43. The van der Waals surface area contributed by atoms with Gasteiger partial charge in [0.1, 0.15) is 0 Å². The summed E-state index contributed by atoms with van der Waals surface area (Å²) in [7, 11) is 0. The molecular formula is C19H34N2O. The molecule has 3 aliphatic rings. The Kier molecular flexibility index (Phi) is 5.11. The highest BCUT2D eigenvalue weighted by Gasteiger charge is 2.42. The van der Waals surface area contributed by atoms with Gasteiger partial charge in [0.2, 0.25) is 5.91 Å². The van der Waals surface area contributed by atoms with Crippen LogP contribution in [0.3, 0.4) is 0 Å². The van der Waals surface area contributed by atoms with E-state index in [9.17, 15) is 4.79 Å². The summed E-state index contributed by atoms with van der Waals surface area (Å²) in [5.41, 5.74) is 6.40. The van der Waals surface area contributed by atoms with E-state index >= 15 is 0 Å². The van der Waals surface area contributed by atoms with Gasteiger partial charge in [0.05, 0.1) is 0 Å². The Morgan fingerprint density at radius 1 is 1.05 bits per heavy atom.